The van der Waals surface area contributed by atoms with E-state index in [1.54, 1.807) is 24.5 Å². The van der Waals surface area contributed by atoms with Crippen molar-refractivity contribution in [3.8, 4) is 0 Å². The number of carbonyl (C=O) groups is 2. The molecule has 124 valence electrons. The summed E-state index contributed by atoms with van der Waals surface area (Å²) in [5.74, 6) is -5.90. The standard InChI is InChI=1S/C16H12F3N3O2/c17-11-4-5-12(16(19)15(11)18)22-14(24)9-21-13(23)6-3-10-2-1-7-20-8-10/h1-8H,9H2,(H,21,23)(H,22,24)/b6-3+. The Labute approximate surface area is 135 Å². The quantitative estimate of drug-likeness (QED) is 0.650. The van der Waals surface area contributed by atoms with E-state index in [4.69, 9.17) is 0 Å². The number of hydrogen-bond acceptors (Lipinski definition) is 3. The molecule has 8 heteroatoms. The summed E-state index contributed by atoms with van der Waals surface area (Å²) in [7, 11) is 0. The van der Waals surface area contributed by atoms with E-state index in [-0.39, 0.29) is 0 Å². The van der Waals surface area contributed by atoms with Crippen molar-refractivity contribution in [1.29, 1.82) is 0 Å². The molecule has 0 fully saturated rings. The van der Waals surface area contributed by atoms with Crippen LogP contribution in [0.1, 0.15) is 5.56 Å². The maximum Gasteiger partial charge on any atom is 0.244 e. The van der Waals surface area contributed by atoms with Gasteiger partial charge in [-0.3, -0.25) is 14.6 Å². The van der Waals surface area contributed by atoms with Crippen LogP contribution in [0.15, 0.2) is 42.7 Å². The third kappa shape index (κ3) is 4.67. The van der Waals surface area contributed by atoms with Gasteiger partial charge in [-0.25, -0.2) is 13.2 Å². The van der Waals surface area contributed by atoms with Crippen molar-refractivity contribution in [2.45, 2.75) is 0 Å². The molecule has 1 aromatic heterocycles. The van der Waals surface area contributed by atoms with Crippen LogP contribution in [0.2, 0.25) is 0 Å². The number of nitrogens with one attached hydrogen (secondary N) is 2. The van der Waals surface area contributed by atoms with Gasteiger partial charge < -0.3 is 10.6 Å². The molecule has 2 aromatic rings. The van der Waals surface area contributed by atoms with Crippen molar-refractivity contribution in [2.75, 3.05) is 11.9 Å². The second-order valence-corrected chi connectivity index (χ2v) is 4.61. The number of amides is 2. The third-order valence-corrected chi connectivity index (χ3v) is 2.84. The van der Waals surface area contributed by atoms with E-state index in [1.165, 1.54) is 12.2 Å². The summed E-state index contributed by atoms with van der Waals surface area (Å²) in [5.41, 5.74) is 0.181. The zero-order valence-electron chi connectivity index (χ0n) is 12.2. The van der Waals surface area contributed by atoms with Gasteiger partial charge in [0.25, 0.3) is 0 Å². The number of halogens is 3. The van der Waals surface area contributed by atoms with E-state index in [1.807, 2.05) is 5.32 Å². The fourth-order valence-corrected chi connectivity index (χ4v) is 1.69. The Balaban J connectivity index is 1.86. The lowest BCUT2D eigenvalue weighted by atomic mass is 10.2. The van der Waals surface area contributed by atoms with Gasteiger partial charge in [-0.1, -0.05) is 6.07 Å². The van der Waals surface area contributed by atoms with Gasteiger partial charge in [0.2, 0.25) is 11.8 Å². The molecule has 1 aromatic carbocycles. The van der Waals surface area contributed by atoms with Crippen molar-refractivity contribution in [1.82, 2.24) is 10.3 Å². The van der Waals surface area contributed by atoms with Crippen molar-refractivity contribution in [3.05, 3.63) is 65.8 Å². The number of anilines is 1. The minimum atomic E-state index is -1.68. The molecule has 0 spiro atoms. The van der Waals surface area contributed by atoms with Gasteiger partial charge in [-0.15, -0.1) is 0 Å². The predicted octanol–water partition coefficient (Wildman–Crippen LogP) is 2.27. The molecule has 0 bridgehead atoms. The Bertz CT molecular complexity index is 780. The van der Waals surface area contributed by atoms with E-state index in [0.717, 1.165) is 6.07 Å². The Hall–Kier alpha value is -3.16. The number of benzene rings is 1. The van der Waals surface area contributed by atoms with Gasteiger partial charge in [-0.2, -0.15) is 0 Å². The first-order valence-corrected chi connectivity index (χ1v) is 6.76. The van der Waals surface area contributed by atoms with Crippen LogP contribution in [0, 0.1) is 17.5 Å². The molecule has 2 N–H and O–H groups in total. The second-order valence-electron chi connectivity index (χ2n) is 4.61. The monoisotopic (exact) mass is 335 g/mol. The molecule has 5 nitrogen and oxygen atoms in total. The summed E-state index contributed by atoms with van der Waals surface area (Å²) in [5, 5.41) is 4.31. The van der Waals surface area contributed by atoms with Crippen LogP contribution in [-0.2, 0) is 9.59 Å². The van der Waals surface area contributed by atoms with Crippen LogP contribution in [0.5, 0.6) is 0 Å². The molecule has 0 aliphatic carbocycles. The van der Waals surface area contributed by atoms with Crippen LogP contribution in [0.3, 0.4) is 0 Å². The highest BCUT2D eigenvalue weighted by molar-refractivity contribution is 5.98. The first kappa shape index (κ1) is 17.2. The lowest BCUT2D eigenvalue weighted by Crippen LogP contribution is -2.32. The van der Waals surface area contributed by atoms with E-state index < -0.39 is 41.5 Å². The number of pyridine rings is 1. The first-order chi connectivity index (χ1) is 11.5. The predicted molar refractivity (Wildman–Crippen MR) is 81.2 cm³/mol. The fourth-order valence-electron chi connectivity index (χ4n) is 1.69. The highest BCUT2D eigenvalue weighted by Crippen LogP contribution is 2.19. The van der Waals surface area contributed by atoms with Gasteiger partial charge >= 0.3 is 0 Å². The van der Waals surface area contributed by atoms with Crippen LogP contribution >= 0.6 is 0 Å². The number of nitrogens with zero attached hydrogens (tertiary/aromatic N) is 1. The summed E-state index contributed by atoms with van der Waals surface area (Å²) in [6.45, 7) is -0.464. The summed E-state index contributed by atoms with van der Waals surface area (Å²) in [6.07, 6.45) is 5.82. The summed E-state index contributed by atoms with van der Waals surface area (Å²) < 4.78 is 39.2. The van der Waals surface area contributed by atoms with E-state index in [2.05, 4.69) is 10.3 Å². The summed E-state index contributed by atoms with van der Waals surface area (Å²) in [6, 6.07) is 5.00. The molecule has 0 unspecified atom stereocenters. The van der Waals surface area contributed by atoms with Crippen molar-refractivity contribution in [2.24, 2.45) is 0 Å². The maximum absolute atomic E-state index is 13.4. The molecule has 0 aliphatic heterocycles. The van der Waals surface area contributed by atoms with Crippen LogP contribution in [0.4, 0.5) is 18.9 Å². The minimum absolute atomic E-state index is 0.464. The molecule has 0 aliphatic rings. The van der Waals surface area contributed by atoms with Crippen LogP contribution in [-0.4, -0.2) is 23.3 Å². The SMILES string of the molecule is O=C(/C=C/c1cccnc1)NCC(=O)Nc1ccc(F)c(F)c1F. The molecular weight excluding hydrogens is 323 g/mol. The fraction of sp³-hybridized carbons (Fsp3) is 0.0625. The van der Waals surface area contributed by atoms with Crippen LogP contribution in [0.25, 0.3) is 6.08 Å². The van der Waals surface area contributed by atoms with Crippen molar-refractivity contribution in [3.63, 3.8) is 0 Å². The van der Waals surface area contributed by atoms with Gasteiger partial charge in [0.1, 0.15) is 0 Å². The first-order valence-electron chi connectivity index (χ1n) is 6.76. The highest BCUT2D eigenvalue weighted by Gasteiger charge is 2.15. The third-order valence-electron chi connectivity index (χ3n) is 2.84. The minimum Gasteiger partial charge on any atom is -0.343 e. The van der Waals surface area contributed by atoms with E-state index >= 15 is 0 Å². The molecular formula is C16H12F3N3O2. The number of aromatic nitrogens is 1. The molecule has 0 saturated heterocycles. The van der Waals surface area contributed by atoms with Gasteiger partial charge in [-0.05, 0) is 29.8 Å². The van der Waals surface area contributed by atoms with Gasteiger partial charge in [0.05, 0.1) is 12.2 Å². The van der Waals surface area contributed by atoms with Gasteiger partial charge in [0, 0.05) is 18.5 Å². The molecule has 2 rings (SSSR count). The highest BCUT2D eigenvalue weighted by atomic mass is 19.2. The molecule has 1 heterocycles. The summed E-state index contributed by atoms with van der Waals surface area (Å²) in [4.78, 5) is 27.0. The van der Waals surface area contributed by atoms with Crippen molar-refractivity contribution < 1.29 is 22.8 Å². The molecule has 0 radical (unpaired) electrons. The lowest BCUT2D eigenvalue weighted by molar-refractivity contribution is -0.121. The zero-order chi connectivity index (χ0) is 17.5. The maximum atomic E-state index is 13.4. The van der Waals surface area contributed by atoms with E-state index in [9.17, 15) is 22.8 Å². The molecule has 0 atom stereocenters. The number of hydrogen-bond donors (Lipinski definition) is 2. The second kappa shape index (κ2) is 7.91. The number of rotatable bonds is 5. The van der Waals surface area contributed by atoms with E-state index in [0.29, 0.717) is 11.6 Å². The zero-order valence-corrected chi connectivity index (χ0v) is 12.2. The normalized spacial score (nSPS) is 10.6. The average Bonchev–Trinajstić information content (AvgIpc) is 2.59. The Morgan fingerprint density at radius 2 is 1.92 bits per heavy atom. The smallest absolute Gasteiger partial charge is 0.244 e. The lowest BCUT2D eigenvalue weighted by Gasteiger charge is -2.07. The number of carbonyl (C=O) groups excluding carboxylic acids is 2. The molecule has 2 amide bonds. The van der Waals surface area contributed by atoms with Gasteiger partial charge in [0.15, 0.2) is 17.5 Å². The largest absolute Gasteiger partial charge is 0.343 e. The van der Waals surface area contributed by atoms with Crippen molar-refractivity contribution >= 4 is 23.6 Å². The van der Waals surface area contributed by atoms with Crippen LogP contribution < -0.4 is 10.6 Å². The summed E-state index contributed by atoms with van der Waals surface area (Å²) >= 11 is 0. The average molecular weight is 335 g/mol. The molecule has 0 saturated carbocycles. The Morgan fingerprint density at radius 1 is 1.12 bits per heavy atom. The molecule has 24 heavy (non-hydrogen) atoms. The Kier molecular flexibility index (Phi) is 5.67. The topological polar surface area (TPSA) is 71.1 Å². The Morgan fingerprint density at radius 3 is 2.62 bits per heavy atom.